The van der Waals surface area contributed by atoms with E-state index < -0.39 is 6.29 Å². The zero-order chi connectivity index (χ0) is 25.8. The molecule has 0 aromatic heterocycles. The number of carbonyl (C=O) groups excluding carboxylic acids is 1. The molecule has 0 N–H and O–H groups in total. The topological polar surface area (TPSA) is 106 Å². The van der Waals surface area contributed by atoms with Crippen LogP contribution < -0.4 is 9.47 Å². The highest BCUT2D eigenvalue weighted by Crippen LogP contribution is 2.24. The SMILES string of the molecule is CCCCOc1ccc(N=Nc2ccc(OC(CCCCCCCCC=[N+]=[N-])OC(C)=O)cc2)cc1. The predicted octanol–water partition coefficient (Wildman–Crippen LogP) is 7.97. The van der Waals surface area contributed by atoms with E-state index in [1.54, 1.807) is 12.1 Å². The van der Waals surface area contributed by atoms with Gasteiger partial charge in [-0.1, -0.05) is 39.0 Å². The van der Waals surface area contributed by atoms with E-state index in [1.807, 2.05) is 36.4 Å². The average molecular weight is 495 g/mol. The summed E-state index contributed by atoms with van der Waals surface area (Å²) in [6, 6.07) is 14.8. The molecule has 2 rings (SSSR count). The van der Waals surface area contributed by atoms with E-state index in [1.165, 1.54) is 13.1 Å². The number of carbonyl (C=O) groups is 1. The second-order valence-corrected chi connectivity index (χ2v) is 8.54. The van der Waals surface area contributed by atoms with E-state index in [2.05, 4.69) is 21.9 Å². The Morgan fingerprint density at radius 3 is 2.06 bits per heavy atom. The first-order valence-corrected chi connectivity index (χ1v) is 12.8. The van der Waals surface area contributed by atoms with Gasteiger partial charge in [0, 0.05) is 19.8 Å². The van der Waals surface area contributed by atoms with E-state index in [0.29, 0.717) is 24.5 Å². The molecule has 0 fully saturated rings. The van der Waals surface area contributed by atoms with Crippen molar-refractivity contribution in [3.63, 3.8) is 0 Å². The van der Waals surface area contributed by atoms with E-state index in [-0.39, 0.29) is 5.97 Å². The third-order valence-electron chi connectivity index (χ3n) is 5.39. The lowest BCUT2D eigenvalue weighted by molar-refractivity contribution is -0.161. The lowest BCUT2D eigenvalue weighted by Crippen LogP contribution is -2.23. The van der Waals surface area contributed by atoms with E-state index >= 15 is 0 Å². The molecule has 0 aliphatic heterocycles. The van der Waals surface area contributed by atoms with Crippen molar-refractivity contribution in [1.82, 2.24) is 0 Å². The van der Waals surface area contributed by atoms with E-state index in [4.69, 9.17) is 19.7 Å². The zero-order valence-corrected chi connectivity index (χ0v) is 21.5. The van der Waals surface area contributed by atoms with E-state index in [9.17, 15) is 4.79 Å². The molecule has 0 amide bonds. The lowest BCUT2D eigenvalue weighted by atomic mass is 10.1. The number of benzene rings is 2. The molecular weight excluding hydrogens is 456 g/mol. The minimum atomic E-state index is -0.617. The first-order valence-electron chi connectivity index (χ1n) is 12.8. The van der Waals surface area contributed by atoms with E-state index in [0.717, 1.165) is 69.2 Å². The minimum absolute atomic E-state index is 0.363. The Labute approximate surface area is 214 Å². The molecule has 0 heterocycles. The maximum Gasteiger partial charge on any atom is 0.305 e. The smallest absolute Gasteiger partial charge is 0.305 e. The fourth-order valence-corrected chi connectivity index (χ4v) is 3.44. The molecular formula is C28H38N4O4. The molecule has 1 unspecified atom stereocenters. The molecule has 0 saturated carbocycles. The molecule has 0 aliphatic carbocycles. The third kappa shape index (κ3) is 12.8. The summed E-state index contributed by atoms with van der Waals surface area (Å²) < 4.78 is 16.9. The molecule has 8 nitrogen and oxygen atoms in total. The van der Waals surface area contributed by atoms with Gasteiger partial charge in [-0.25, -0.2) is 0 Å². The summed E-state index contributed by atoms with van der Waals surface area (Å²) >= 11 is 0. The van der Waals surface area contributed by atoms with Crippen LogP contribution in [0.4, 0.5) is 11.4 Å². The molecule has 8 heteroatoms. The van der Waals surface area contributed by atoms with Gasteiger partial charge in [-0.3, -0.25) is 4.79 Å². The van der Waals surface area contributed by atoms with Crippen LogP contribution in [-0.4, -0.2) is 29.9 Å². The highest BCUT2D eigenvalue weighted by molar-refractivity contribution is 5.66. The van der Waals surface area contributed by atoms with Gasteiger partial charge in [0.25, 0.3) is 6.21 Å². The van der Waals surface area contributed by atoms with Crippen molar-refractivity contribution in [2.45, 2.75) is 84.3 Å². The number of unbranched alkanes of at least 4 members (excludes halogenated alkanes) is 7. The first kappa shape index (κ1) is 28.7. The number of hydrogen-bond acceptors (Lipinski definition) is 6. The fraction of sp³-hybridized carbons (Fsp3) is 0.500. The summed E-state index contributed by atoms with van der Waals surface area (Å²) in [5.41, 5.74) is 9.82. The second kappa shape index (κ2) is 17.9. The van der Waals surface area contributed by atoms with Crippen molar-refractivity contribution < 1.29 is 23.8 Å². The molecule has 1 atom stereocenters. The Morgan fingerprint density at radius 1 is 0.889 bits per heavy atom. The van der Waals surface area contributed by atoms with Crippen LogP contribution in [0, 0.1) is 0 Å². The van der Waals surface area contributed by atoms with Crippen LogP contribution >= 0.6 is 0 Å². The summed E-state index contributed by atoms with van der Waals surface area (Å²) in [6.07, 6.45) is 10.8. The normalized spacial score (nSPS) is 11.6. The van der Waals surface area contributed by atoms with Gasteiger partial charge in [0.15, 0.2) is 0 Å². The van der Waals surface area contributed by atoms with Crippen LogP contribution in [-0.2, 0) is 9.53 Å². The summed E-state index contributed by atoms with van der Waals surface area (Å²) in [7, 11) is 0. The summed E-state index contributed by atoms with van der Waals surface area (Å²) in [5, 5.41) is 8.55. The van der Waals surface area contributed by atoms with Crippen molar-refractivity contribution in [2.24, 2.45) is 10.2 Å². The number of hydrogen-bond donors (Lipinski definition) is 0. The summed E-state index contributed by atoms with van der Waals surface area (Å²) in [4.78, 5) is 14.5. The Balaban J connectivity index is 1.78. The Morgan fingerprint density at radius 2 is 1.47 bits per heavy atom. The summed E-state index contributed by atoms with van der Waals surface area (Å²) in [6.45, 7) is 4.24. The lowest BCUT2D eigenvalue weighted by Gasteiger charge is -2.18. The van der Waals surface area contributed by atoms with Crippen LogP contribution in [0.1, 0.15) is 78.1 Å². The van der Waals surface area contributed by atoms with Crippen LogP contribution in [0.15, 0.2) is 58.8 Å². The van der Waals surface area contributed by atoms with Crippen molar-refractivity contribution in [3.8, 4) is 11.5 Å². The molecule has 2 aromatic carbocycles. The molecule has 36 heavy (non-hydrogen) atoms. The maximum absolute atomic E-state index is 11.5. The average Bonchev–Trinajstić information content (AvgIpc) is 2.88. The van der Waals surface area contributed by atoms with Gasteiger partial charge in [-0.2, -0.15) is 15.0 Å². The fourth-order valence-electron chi connectivity index (χ4n) is 3.44. The van der Waals surface area contributed by atoms with Crippen molar-refractivity contribution in [2.75, 3.05) is 6.61 Å². The number of ether oxygens (including phenoxy) is 3. The standard InChI is InChI=1S/C28H38N4O4/c1-3-4-22-34-26-17-13-24(14-18-26)31-32-25-15-19-27(20-16-25)36-28(35-23(2)33)12-10-8-6-5-7-9-11-21-30-29/h13-21,28H,3-12,22H2,1-2H3. The number of nitrogens with zero attached hydrogens (tertiary/aromatic N) is 4. The molecule has 0 saturated heterocycles. The van der Waals surface area contributed by atoms with Gasteiger partial charge in [0.1, 0.15) is 11.5 Å². The first-order chi connectivity index (χ1) is 17.6. The van der Waals surface area contributed by atoms with Crippen molar-refractivity contribution in [1.29, 1.82) is 0 Å². The molecule has 194 valence electrons. The number of rotatable bonds is 18. The highest BCUT2D eigenvalue weighted by atomic mass is 16.7. The van der Waals surface area contributed by atoms with Crippen LogP contribution in [0.2, 0.25) is 0 Å². The van der Waals surface area contributed by atoms with Crippen LogP contribution in [0.5, 0.6) is 11.5 Å². The molecule has 0 aliphatic rings. The highest BCUT2D eigenvalue weighted by Gasteiger charge is 2.13. The largest absolute Gasteiger partial charge is 0.494 e. The van der Waals surface area contributed by atoms with Gasteiger partial charge in [-0.15, -0.1) is 0 Å². The van der Waals surface area contributed by atoms with Gasteiger partial charge in [-0.05, 0) is 67.8 Å². The minimum Gasteiger partial charge on any atom is -0.494 e. The second-order valence-electron chi connectivity index (χ2n) is 8.54. The van der Waals surface area contributed by atoms with Gasteiger partial charge in [0.2, 0.25) is 6.29 Å². The van der Waals surface area contributed by atoms with Crippen LogP contribution in [0.25, 0.3) is 5.53 Å². The molecule has 0 radical (unpaired) electrons. The molecule has 0 spiro atoms. The predicted molar refractivity (Wildman–Crippen MR) is 140 cm³/mol. The monoisotopic (exact) mass is 494 g/mol. The maximum atomic E-state index is 11.5. The van der Waals surface area contributed by atoms with Gasteiger partial charge >= 0.3 is 5.97 Å². The third-order valence-corrected chi connectivity index (χ3v) is 5.39. The van der Waals surface area contributed by atoms with Gasteiger partial charge in [0.05, 0.1) is 18.0 Å². The molecule has 2 aromatic rings. The van der Waals surface area contributed by atoms with Crippen molar-refractivity contribution in [3.05, 3.63) is 54.1 Å². The Hall–Kier alpha value is -3.51. The molecule has 0 bridgehead atoms. The van der Waals surface area contributed by atoms with Gasteiger partial charge < -0.3 is 19.7 Å². The Kier molecular flexibility index (Phi) is 14.2. The Bertz CT molecular complexity index is 955. The van der Waals surface area contributed by atoms with Crippen molar-refractivity contribution >= 4 is 23.6 Å². The summed E-state index contributed by atoms with van der Waals surface area (Å²) in [5.74, 6) is 1.08. The zero-order valence-electron chi connectivity index (χ0n) is 21.5. The number of azo groups is 1. The van der Waals surface area contributed by atoms with Crippen LogP contribution in [0.3, 0.4) is 0 Å². The number of esters is 1. The quantitative estimate of drug-likeness (QED) is 0.0523.